The van der Waals surface area contributed by atoms with Crippen molar-refractivity contribution in [1.82, 2.24) is 24.2 Å². The first-order valence-electron chi connectivity index (χ1n) is 7.50. The number of H-pyrrole nitrogens is 1. The van der Waals surface area contributed by atoms with Crippen molar-refractivity contribution in [1.29, 1.82) is 5.26 Å². The minimum Gasteiger partial charge on any atom is -0.263 e. The Morgan fingerprint density at radius 3 is 2.38 bits per heavy atom. The lowest BCUT2D eigenvalue weighted by atomic mass is 10.4. The van der Waals surface area contributed by atoms with E-state index in [0.717, 1.165) is 4.31 Å². The molecule has 0 aliphatic carbocycles. The van der Waals surface area contributed by atoms with E-state index in [2.05, 4.69) is 19.9 Å². The largest absolute Gasteiger partial charge is 0.263 e. The number of nitrogens with zero attached hydrogens (tertiary/aromatic N) is 4. The Morgan fingerprint density at radius 2 is 1.85 bits per heavy atom. The van der Waals surface area contributed by atoms with Crippen molar-refractivity contribution >= 4 is 20.0 Å². The fourth-order valence-electron chi connectivity index (χ4n) is 1.98. The highest BCUT2D eigenvalue weighted by Crippen LogP contribution is 2.19. The van der Waals surface area contributed by atoms with Gasteiger partial charge in [-0.05, 0) is 31.2 Å². The lowest BCUT2D eigenvalue weighted by Gasteiger charge is -2.19. The van der Waals surface area contributed by atoms with Gasteiger partial charge in [0.2, 0.25) is 20.0 Å². The van der Waals surface area contributed by atoms with Crippen LogP contribution in [0.5, 0.6) is 0 Å². The van der Waals surface area contributed by atoms with Gasteiger partial charge in [-0.25, -0.2) is 26.5 Å². The zero-order chi connectivity index (χ0) is 19.4. The molecular weight excluding hydrogens is 380 g/mol. The molecule has 0 aliphatic rings. The average molecular weight is 398 g/mol. The van der Waals surface area contributed by atoms with Crippen molar-refractivity contribution in [3.8, 4) is 6.07 Å². The van der Waals surface area contributed by atoms with Gasteiger partial charge in [-0.15, -0.1) is 0 Å². The first-order valence-corrected chi connectivity index (χ1v) is 10.4. The fraction of sp³-hybridized carbons (Fsp3) is 0.357. The minimum absolute atomic E-state index is 0.0648. The number of sulfonamides is 2. The number of nitrogens with one attached hydrogen (secondary N) is 2. The van der Waals surface area contributed by atoms with Crippen LogP contribution in [0.3, 0.4) is 0 Å². The molecule has 1 unspecified atom stereocenters. The lowest BCUT2D eigenvalue weighted by Crippen LogP contribution is -2.34. The molecule has 1 atom stereocenters. The Hall–Kier alpha value is -2.33. The molecule has 12 heteroatoms. The number of hydrogen-bond donors (Lipinski definition) is 2. The number of rotatable bonds is 8. The minimum atomic E-state index is -3.88. The Balaban J connectivity index is 2.11. The highest BCUT2D eigenvalue weighted by molar-refractivity contribution is 7.89. The molecule has 0 bridgehead atoms. The van der Waals surface area contributed by atoms with Crippen LogP contribution in [0.4, 0.5) is 0 Å². The number of benzene rings is 1. The van der Waals surface area contributed by atoms with Crippen molar-refractivity contribution in [3.63, 3.8) is 0 Å². The summed E-state index contributed by atoms with van der Waals surface area (Å²) in [6, 6.07) is 5.79. The van der Waals surface area contributed by atoms with E-state index in [4.69, 9.17) is 5.26 Å². The molecular formula is C14H18N6O4S2. The summed E-state index contributed by atoms with van der Waals surface area (Å²) < 4.78 is 52.6. The molecule has 10 nitrogen and oxygen atoms in total. The number of aromatic nitrogens is 3. The Labute approximate surface area is 152 Å². The first kappa shape index (κ1) is 20.0. The van der Waals surface area contributed by atoms with Crippen molar-refractivity contribution in [2.75, 3.05) is 13.6 Å². The molecule has 0 radical (unpaired) electrons. The summed E-state index contributed by atoms with van der Waals surface area (Å²) >= 11 is 0. The molecule has 0 aliphatic heterocycles. The Morgan fingerprint density at radius 1 is 1.23 bits per heavy atom. The van der Waals surface area contributed by atoms with Gasteiger partial charge < -0.3 is 0 Å². The van der Waals surface area contributed by atoms with Gasteiger partial charge in [0.15, 0.2) is 0 Å². The van der Waals surface area contributed by atoms with Crippen LogP contribution in [0, 0.1) is 11.3 Å². The van der Waals surface area contributed by atoms with Crippen molar-refractivity contribution in [2.45, 2.75) is 29.2 Å². The molecule has 2 aromatic rings. The van der Waals surface area contributed by atoms with E-state index in [9.17, 15) is 16.8 Å². The molecule has 0 spiro atoms. The molecule has 26 heavy (non-hydrogen) atoms. The molecule has 140 valence electrons. The van der Waals surface area contributed by atoms with Gasteiger partial charge in [-0.1, -0.05) is 0 Å². The zero-order valence-corrected chi connectivity index (χ0v) is 15.7. The molecule has 2 N–H and O–H groups in total. The SMILES string of the molecule is CC(C#N)N(C)S(=O)(=O)c1ccc(S(=O)(=O)NCCc2ncn[nH]2)cc1. The van der Waals surface area contributed by atoms with E-state index in [-0.39, 0.29) is 16.3 Å². The van der Waals surface area contributed by atoms with Crippen LogP contribution < -0.4 is 4.72 Å². The predicted octanol–water partition coefficient (Wildman–Crippen LogP) is -0.142. The summed E-state index contributed by atoms with van der Waals surface area (Å²) in [5.41, 5.74) is 0. The first-order chi connectivity index (χ1) is 12.2. The van der Waals surface area contributed by atoms with Gasteiger partial charge in [0.25, 0.3) is 0 Å². The van der Waals surface area contributed by atoms with Gasteiger partial charge in [0, 0.05) is 20.0 Å². The zero-order valence-electron chi connectivity index (χ0n) is 14.1. The van der Waals surface area contributed by atoms with Crippen LogP contribution in [0.15, 0.2) is 40.4 Å². The highest BCUT2D eigenvalue weighted by atomic mass is 32.2. The molecule has 0 amide bonds. The summed E-state index contributed by atoms with van der Waals surface area (Å²) in [5, 5.41) is 15.2. The lowest BCUT2D eigenvalue weighted by molar-refractivity contribution is 0.442. The maximum Gasteiger partial charge on any atom is 0.244 e. The van der Waals surface area contributed by atoms with Crippen molar-refractivity contribution < 1.29 is 16.8 Å². The second-order valence-corrected chi connectivity index (χ2v) is 9.14. The maximum absolute atomic E-state index is 12.4. The number of hydrogen-bond acceptors (Lipinski definition) is 7. The van der Waals surface area contributed by atoms with E-state index in [1.807, 2.05) is 6.07 Å². The predicted molar refractivity (Wildman–Crippen MR) is 91.7 cm³/mol. The van der Waals surface area contributed by atoms with Gasteiger partial charge >= 0.3 is 0 Å². The molecule has 0 fully saturated rings. The van der Waals surface area contributed by atoms with E-state index < -0.39 is 26.1 Å². The fourth-order valence-corrected chi connectivity index (χ4v) is 4.29. The Kier molecular flexibility index (Phi) is 6.09. The van der Waals surface area contributed by atoms with Gasteiger partial charge in [-0.3, -0.25) is 5.10 Å². The van der Waals surface area contributed by atoms with Crippen LogP contribution in [0.25, 0.3) is 0 Å². The molecule has 1 heterocycles. The third kappa shape index (κ3) is 4.44. The standard InChI is InChI=1S/C14H18N6O4S2/c1-11(9-15)20(2)26(23,24)13-5-3-12(4-6-13)25(21,22)18-8-7-14-16-10-17-19-14/h3-6,10-11,18H,7-8H2,1-2H3,(H,16,17,19). The van der Waals surface area contributed by atoms with Gasteiger partial charge in [0.05, 0.1) is 15.9 Å². The van der Waals surface area contributed by atoms with Crippen LogP contribution in [0.2, 0.25) is 0 Å². The van der Waals surface area contributed by atoms with Gasteiger partial charge in [0.1, 0.15) is 18.2 Å². The van der Waals surface area contributed by atoms with Crippen molar-refractivity contribution in [2.24, 2.45) is 0 Å². The number of aromatic amines is 1. The summed E-state index contributed by atoms with van der Waals surface area (Å²) in [5.74, 6) is 0.545. The van der Waals surface area contributed by atoms with Crippen LogP contribution >= 0.6 is 0 Å². The normalized spacial score (nSPS) is 13.5. The summed E-state index contributed by atoms with van der Waals surface area (Å²) in [6.07, 6.45) is 1.66. The van der Waals surface area contributed by atoms with E-state index >= 15 is 0 Å². The van der Waals surface area contributed by atoms with E-state index in [0.29, 0.717) is 12.2 Å². The third-order valence-electron chi connectivity index (χ3n) is 3.66. The Bertz CT molecular complexity index is 979. The average Bonchev–Trinajstić information content (AvgIpc) is 3.13. The van der Waals surface area contributed by atoms with Gasteiger partial charge in [-0.2, -0.15) is 14.7 Å². The molecule has 1 aromatic carbocycles. The highest BCUT2D eigenvalue weighted by Gasteiger charge is 2.25. The molecule has 2 rings (SSSR count). The van der Waals surface area contributed by atoms with E-state index in [1.54, 1.807) is 0 Å². The second-order valence-electron chi connectivity index (χ2n) is 5.38. The maximum atomic E-state index is 12.4. The van der Waals surface area contributed by atoms with Crippen LogP contribution in [-0.4, -0.2) is 56.0 Å². The van der Waals surface area contributed by atoms with E-state index in [1.165, 1.54) is 44.6 Å². The summed E-state index contributed by atoms with van der Waals surface area (Å²) in [7, 11) is -6.38. The second kappa shape index (κ2) is 7.92. The van der Waals surface area contributed by atoms with Crippen molar-refractivity contribution in [3.05, 3.63) is 36.4 Å². The smallest absolute Gasteiger partial charge is 0.244 e. The van der Waals surface area contributed by atoms with Crippen LogP contribution in [-0.2, 0) is 26.5 Å². The summed E-state index contributed by atoms with van der Waals surface area (Å²) in [4.78, 5) is 3.73. The monoisotopic (exact) mass is 398 g/mol. The van der Waals surface area contributed by atoms with Crippen LogP contribution in [0.1, 0.15) is 12.7 Å². The molecule has 0 saturated heterocycles. The third-order valence-corrected chi connectivity index (χ3v) is 7.08. The summed E-state index contributed by atoms with van der Waals surface area (Å²) in [6.45, 7) is 1.56. The topological polar surface area (TPSA) is 149 Å². The number of nitriles is 1. The molecule has 0 saturated carbocycles. The molecule has 1 aromatic heterocycles. The quantitative estimate of drug-likeness (QED) is 0.628.